The molecule has 1 amide bonds. The lowest BCUT2D eigenvalue weighted by molar-refractivity contribution is 0.0468. The Hall–Kier alpha value is -0.770. The predicted molar refractivity (Wildman–Crippen MR) is 50.6 cm³/mol. The maximum absolute atomic E-state index is 11.2. The fourth-order valence-electron chi connectivity index (χ4n) is 1.11. The molecule has 1 heterocycles. The average Bonchev–Trinajstić information content (AvgIpc) is 1.94. The monoisotopic (exact) mass is 186 g/mol. The molecule has 1 unspecified atom stereocenters. The van der Waals surface area contributed by atoms with Crippen LogP contribution in [0.25, 0.3) is 0 Å². The summed E-state index contributed by atoms with van der Waals surface area (Å²) in [6.45, 7) is 8.44. The van der Waals surface area contributed by atoms with Gasteiger partial charge in [-0.15, -0.1) is 0 Å². The molecule has 1 aliphatic heterocycles. The Morgan fingerprint density at radius 3 is 2.46 bits per heavy atom. The fourth-order valence-corrected chi connectivity index (χ4v) is 1.11. The number of carbonyl (C=O) groups is 1. The SMILES string of the molecule is C[C@@H]1NCC1NC(=O)OC(C)(C)C. The molecular weight excluding hydrogens is 168 g/mol. The second kappa shape index (κ2) is 3.54. The molecule has 0 aromatic rings. The van der Waals surface area contributed by atoms with Gasteiger partial charge in [-0.1, -0.05) is 0 Å². The Labute approximate surface area is 79.0 Å². The van der Waals surface area contributed by atoms with Crippen LogP contribution >= 0.6 is 0 Å². The first-order valence-electron chi connectivity index (χ1n) is 4.61. The van der Waals surface area contributed by atoms with Gasteiger partial charge in [-0.3, -0.25) is 0 Å². The minimum absolute atomic E-state index is 0.217. The highest BCUT2D eigenvalue weighted by Gasteiger charge is 2.29. The van der Waals surface area contributed by atoms with Crippen LogP contribution in [0, 0.1) is 0 Å². The summed E-state index contributed by atoms with van der Waals surface area (Å²) in [5, 5.41) is 5.96. The third-order valence-electron chi connectivity index (χ3n) is 1.97. The smallest absolute Gasteiger partial charge is 0.407 e. The number of carbonyl (C=O) groups excluding carboxylic acids is 1. The number of amides is 1. The van der Waals surface area contributed by atoms with Gasteiger partial charge in [0.1, 0.15) is 5.60 Å². The standard InChI is InChI=1S/C9H18N2O2/c1-6-7(5-10-6)11-8(12)13-9(2,3)4/h6-7,10H,5H2,1-4H3,(H,11,12)/t6-,7?/m0/s1. The summed E-state index contributed by atoms with van der Waals surface area (Å²) in [6.07, 6.45) is -0.328. The minimum Gasteiger partial charge on any atom is -0.444 e. The van der Waals surface area contributed by atoms with E-state index in [1.807, 2.05) is 27.7 Å². The Morgan fingerprint density at radius 2 is 2.15 bits per heavy atom. The van der Waals surface area contributed by atoms with Gasteiger partial charge in [0.25, 0.3) is 0 Å². The maximum Gasteiger partial charge on any atom is 0.407 e. The van der Waals surface area contributed by atoms with Crippen molar-refractivity contribution in [2.24, 2.45) is 0 Å². The number of hydrogen-bond acceptors (Lipinski definition) is 3. The predicted octanol–water partition coefficient (Wildman–Crippen LogP) is 0.871. The zero-order chi connectivity index (χ0) is 10.1. The van der Waals surface area contributed by atoms with Gasteiger partial charge in [0.2, 0.25) is 0 Å². The summed E-state index contributed by atoms with van der Waals surface area (Å²) in [5.41, 5.74) is -0.412. The highest BCUT2D eigenvalue weighted by Crippen LogP contribution is 2.08. The largest absolute Gasteiger partial charge is 0.444 e. The third-order valence-corrected chi connectivity index (χ3v) is 1.97. The minimum atomic E-state index is -0.412. The van der Waals surface area contributed by atoms with E-state index in [4.69, 9.17) is 4.74 Å². The molecule has 2 N–H and O–H groups in total. The average molecular weight is 186 g/mol. The van der Waals surface area contributed by atoms with Crippen molar-refractivity contribution in [3.05, 3.63) is 0 Å². The number of alkyl carbamates (subject to hydrolysis) is 1. The second-order valence-corrected chi connectivity index (χ2v) is 4.45. The van der Waals surface area contributed by atoms with Gasteiger partial charge in [-0.2, -0.15) is 0 Å². The summed E-state index contributed by atoms with van der Waals surface area (Å²) >= 11 is 0. The molecule has 1 aliphatic rings. The van der Waals surface area contributed by atoms with Crippen LogP contribution in [-0.4, -0.2) is 30.3 Å². The molecule has 0 aliphatic carbocycles. The van der Waals surface area contributed by atoms with Crippen LogP contribution in [0.5, 0.6) is 0 Å². The first-order chi connectivity index (χ1) is 5.88. The van der Waals surface area contributed by atoms with E-state index in [-0.39, 0.29) is 12.1 Å². The molecule has 2 atom stereocenters. The second-order valence-electron chi connectivity index (χ2n) is 4.45. The van der Waals surface area contributed by atoms with Crippen LogP contribution < -0.4 is 10.6 Å². The summed E-state index contributed by atoms with van der Waals surface area (Å²) in [7, 11) is 0. The van der Waals surface area contributed by atoms with Crippen molar-refractivity contribution >= 4 is 6.09 Å². The maximum atomic E-state index is 11.2. The van der Waals surface area contributed by atoms with Crippen LogP contribution in [0.3, 0.4) is 0 Å². The van der Waals surface area contributed by atoms with Crippen molar-refractivity contribution in [2.75, 3.05) is 6.54 Å². The number of nitrogens with one attached hydrogen (secondary N) is 2. The molecule has 4 nitrogen and oxygen atoms in total. The molecule has 0 bridgehead atoms. The highest BCUT2D eigenvalue weighted by molar-refractivity contribution is 5.68. The lowest BCUT2D eigenvalue weighted by atomic mass is 10.0. The van der Waals surface area contributed by atoms with Gasteiger partial charge in [0, 0.05) is 12.6 Å². The van der Waals surface area contributed by atoms with Gasteiger partial charge in [-0.05, 0) is 27.7 Å². The van der Waals surface area contributed by atoms with Crippen molar-refractivity contribution in [3.8, 4) is 0 Å². The van der Waals surface area contributed by atoms with Gasteiger partial charge < -0.3 is 15.4 Å². The zero-order valence-electron chi connectivity index (χ0n) is 8.68. The summed E-state index contributed by atoms with van der Waals surface area (Å²) in [6, 6.07) is 0.572. The van der Waals surface area contributed by atoms with E-state index in [0.29, 0.717) is 6.04 Å². The zero-order valence-corrected chi connectivity index (χ0v) is 8.68. The lowest BCUT2D eigenvalue weighted by Crippen LogP contribution is -2.63. The number of ether oxygens (including phenoxy) is 1. The van der Waals surface area contributed by atoms with Gasteiger partial charge in [0.15, 0.2) is 0 Å². The third kappa shape index (κ3) is 3.22. The molecular formula is C9H18N2O2. The van der Waals surface area contributed by atoms with Gasteiger partial charge in [-0.25, -0.2) is 4.79 Å². The molecule has 0 radical (unpaired) electrons. The number of rotatable bonds is 1. The Bertz CT molecular complexity index is 198. The molecule has 1 fully saturated rings. The van der Waals surface area contributed by atoms with Crippen molar-refractivity contribution in [1.82, 2.24) is 10.6 Å². The quantitative estimate of drug-likeness (QED) is 0.639. The molecule has 0 aromatic carbocycles. The van der Waals surface area contributed by atoms with Crippen LogP contribution in [0.1, 0.15) is 27.7 Å². The summed E-state index contributed by atoms with van der Waals surface area (Å²) < 4.78 is 5.11. The molecule has 13 heavy (non-hydrogen) atoms. The first-order valence-corrected chi connectivity index (χ1v) is 4.61. The molecule has 4 heteroatoms. The van der Waals surface area contributed by atoms with Crippen LogP contribution in [0.15, 0.2) is 0 Å². The fraction of sp³-hybridized carbons (Fsp3) is 0.889. The van der Waals surface area contributed by atoms with E-state index < -0.39 is 5.60 Å². The van der Waals surface area contributed by atoms with Crippen LogP contribution in [0.4, 0.5) is 4.79 Å². The van der Waals surface area contributed by atoms with Crippen LogP contribution in [-0.2, 0) is 4.74 Å². The van der Waals surface area contributed by atoms with Gasteiger partial charge in [0.05, 0.1) is 6.04 Å². The van der Waals surface area contributed by atoms with Crippen molar-refractivity contribution in [2.45, 2.75) is 45.4 Å². The van der Waals surface area contributed by atoms with E-state index in [9.17, 15) is 4.79 Å². The van der Waals surface area contributed by atoms with Crippen molar-refractivity contribution in [1.29, 1.82) is 0 Å². The normalized spacial score (nSPS) is 27.7. The molecule has 0 saturated carbocycles. The lowest BCUT2D eigenvalue weighted by Gasteiger charge is -2.36. The summed E-state index contributed by atoms with van der Waals surface area (Å²) in [4.78, 5) is 11.2. The first kappa shape index (κ1) is 10.3. The topological polar surface area (TPSA) is 50.4 Å². The van der Waals surface area contributed by atoms with Crippen molar-refractivity contribution in [3.63, 3.8) is 0 Å². The van der Waals surface area contributed by atoms with E-state index in [0.717, 1.165) is 6.54 Å². The molecule has 1 saturated heterocycles. The van der Waals surface area contributed by atoms with E-state index in [1.165, 1.54) is 0 Å². The van der Waals surface area contributed by atoms with E-state index in [2.05, 4.69) is 10.6 Å². The van der Waals surface area contributed by atoms with Crippen molar-refractivity contribution < 1.29 is 9.53 Å². The highest BCUT2D eigenvalue weighted by atomic mass is 16.6. The Morgan fingerprint density at radius 1 is 1.54 bits per heavy atom. The van der Waals surface area contributed by atoms with Crippen LogP contribution in [0.2, 0.25) is 0 Å². The molecule has 0 aromatic heterocycles. The molecule has 76 valence electrons. The molecule has 0 spiro atoms. The van der Waals surface area contributed by atoms with E-state index in [1.54, 1.807) is 0 Å². The number of hydrogen-bond donors (Lipinski definition) is 2. The van der Waals surface area contributed by atoms with E-state index >= 15 is 0 Å². The Kier molecular flexibility index (Phi) is 2.81. The Balaban J connectivity index is 2.25. The summed E-state index contributed by atoms with van der Waals surface area (Å²) in [5.74, 6) is 0. The van der Waals surface area contributed by atoms with Gasteiger partial charge >= 0.3 is 6.09 Å². The molecule has 1 rings (SSSR count).